The second-order valence-corrected chi connectivity index (χ2v) is 10.7. The lowest BCUT2D eigenvalue weighted by atomic mass is 9.87. The quantitative estimate of drug-likeness (QED) is 0.274. The summed E-state index contributed by atoms with van der Waals surface area (Å²) >= 11 is 6.26. The Kier molecular flexibility index (Phi) is 6.46. The van der Waals surface area contributed by atoms with Gasteiger partial charge >= 0.3 is 0 Å². The molecule has 1 unspecified atom stereocenters. The molecule has 3 nitrogen and oxygen atoms in total. The van der Waals surface area contributed by atoms with Gasteiger partial charge in [0.15, 0.2) is 5.72 Å². The standard InChI is InChI=1S/C32H30ClNO2/c1-31(2,3)25-15-13-24(14-16-25)22-36-32(26-17-19-27(33)20-18-26)29-12-8-7-11-28(29)30(35)34(32)21-23-9-5-4-6-10-23/h4-20H,21-22H2,1-3H3. The maximum Gasteiger partial charge on any atom is 0.257 e. The molecule has 0 bridgehead atoms. The molecule has 0 aromatic heterocycles. The van der Waals surface area contributed by atoms with Crippen molar-refractivity contribution in [2.45, 2.75) is 45.1 Å². The topological polar surface area (TPSA) is 29.5 Å². The van der Waals surface area contributed by atoms with E-state index in [1.807, 2.05) is 83.8 Å². The van der Waals surface area contributed by atoms with E-state index in [0.717, 1.165) is 22.3 Å². The minimum absolute atomic E-state index is 0.0486. The van der Waals surface area contributed by atoms with Crippen LogP contribution in [0.15, 0.2) is 103 Å². The van der Waals surface area contributed by atoms with Crippen molar-refractivity contribution in [3.05, 3.63) is 142 Å². The van der Waals surface area contributed by atoms with Crippen LogP contribution in [0, 0.1) is 0 Å². The Morgan fingerprint density at radius 2 is 1.42 bits per heavy atom. The van der Waals surface area contributed by atoms with Gasteiger partial charge in [-0.25, -0.2) is 0 Å². The Balaban J connectivity index is 1.61. The fourth-order valence-electron chi connectivity index (χ4n) is 4.86. The van der Waals surface area contributed by atoms with Crippen molar-refractivity contribution in [3.63, 3.8) is 0 Å². The van der Waals surface area contributed by atoms with E-state index >= 15 is 0 Å². The number of rotatable bonds is 6. The van der Waals surface area contributed by atoms with Gasteiger partial charge in [0.05, 0.1) is 6.61 Å². The van der Waals surface area contributed by atoms with Gasteiger partial charge in [0, 0.05) is 28.3 Å². The molecular formula is C32H30ClNO2. The molecule has 1 heterocycles. The van der Waals surface area contributed by atoms with Gasteiger partial charge in [0.25, 0.3) is 5.91 Å². The molecule has 182 valence electrons. The summed E-state index contributed by atoms with van der Waals surface area (Å²) in [5, 5.41) is 0.638. The first-order valence-electron chi connectivity index (χ1n) is 12.2. The number of amides is 1. The molecule has 0 saturated carbocycles. The molecule has 1 aliphatic heterocycles. The lowest BCUT2D eigenvalue weighted by molar-refractivity contribution is -0.120. The van der Waals surface area contributed by atoms with E-state index in [1.54, 1.807) is 0 Å². The molecule has 1 atom stereocenters. The van der Waals surface area contributed by atoms with E-state index in [0.29, 0.717) is 23.7 Å². The van der Waals surface area contributed by atoms with Crippen molar-refractivity contribution >= 4 is 17.5 Å². The number of fused-ring (bicyclic) bond motifs is 1. The van der Waals surface area contributed by atoms with E-state index in [-0.39, 0.29) is 11.3 Å². The zero-order chi connectivity index (χ0) is 25.3. The summed E-state index contributed by atoms with van der Waals surface area (Å²) in [5.74, 6) is -0.0486. The van der Waals surface area contributed by atoms with Crippen LogP contribution in [-0.4, -0.2) is 10.8 Å². The van der Waals surface area contributed by atoms with Crippen molar-refractivity contribution < 1.29 is 9.53 Å². The van der Waals surface area contributed by atoms with Gasteiger partial charge in [-0.2, -0.15) is 0 Å². The summed E-state index contributed by atoms with van der Waals surface area (Å²) in [7, 11) is 0. The summed E-state index contributed by atoms with van der Waals surface area (Å²) < 4.78 is 6.87. The number of hydrogen-bond acceptors (Lipinski definition) is 2. The van der Waals surface area contributed by atoms with Crippen LogP contribution in [0.1, 0.15) is 58.9 Å². The van der Waals surface area contributed by atoms with Crippen LogP contribution in [-0.2, 0) is 29.0 Å². The van der Waals surface area contributed by atoms with Crippen LogP contribution >= 0.6 is 11.6 Å². The van der Waals surface area contributed by atoms with Crippen molar-refractivity contribution in [3.8, 4) is 0 Å². The summed E-state index contributed by atoms with van der Waals surface area (Å²) in [6, 6.07) is 33.9. The van der Waals surface area contributed by atoms with E-state index in [1.165, 1.54) is 5.56 Å². The van der Waals surface area contributed by atoms with Gasteiger partial charge in [-0.3, -0.25) is 9.69 Å². The fraction of sp³-hybridized carbons (Fsp3) is 0.219. The first kappa shape index (κ1) is 24.3. The molecule has 0 aliphatic carbocycles. The van der Waals surface area contributed by atoms with Gasteiger partial charge < -0.3 is 4.74 Å². The Morgan fingerprint density at radius 1 is 0.778 bits per heavy atom. The highest BCUT2D eigenvalue weighted by atomic mass is 35.5. The first-order chi connectivity index (χ1) is 17.3. The van der Waals surface area contributed by atoms with Crippen LogP contribution in [0.4, 0.5) is 0 Å². The molecule has 0 spiro atoms. The minimum atomic E-state index is -1.09. The molecule has 0 radical (unpaired) electrons. The number of carbonyl (C=O) groups excluding carboxylic acids is 1. The average Bonchev–Trinajstić information content (AvgIpc) is 3.12. The highest BCUT2D eigenvalue weighted by molar-refractivity contribution is 6.30. The first-order valence-corrected chi connectivity index (χ1v) is 12.6. The monoisotopic (exact) mass is 495 g/mol. The molecule has 0 saturated heterocycles. The molecule has 0 N–H and O–H groups in total. The normalized spacial score (nSPS) is 17.3. The zero-order valence-electron chi connectivity index (χ0n) is 20.9. The Bertz CT molecular complexity index is 1360. The van der Waals surface area contributed by atoms with Gasteiger partial charge in [-0.15, -0.1) is 0 Å². The Labute approximate surface area is 218 Å². The molecule has 0 fully saturated rings. The lowest BCUT2D eigenvalue weighted by Gasteiger charge is -2.39. The third kappa shape index (κ3) is 4.45. The summed E-state index contributed by atoms with van der Waals surface area (Å²) in [5.41, 5.74) is 4.72. The maximum atomic E-state index is 13.8. The highest BCUT2D eigenvalue weighted by Gasteiger charge is 2.52. The second-order valence-electron chi connectivity index (χ2n) is 10.3. The third-order valence-electron chi connectivity index (χ3n) is 6.83. The fourth-order valence-corrected chi connectivity index (χ4v) is 4.99. The predicted molar refractivity (Wildman–Crippen MR) is 145 cm³/mol. The summed E-state index contributed by atoms with van der Waals surface area (Å²) in [4.78, 5) is 15.7. The maximum absolute atomic E-state index is 13.8. The molecule has 4 aromatic rings. The zero-order valence-corrected chi connectivity index (χ0v) is 21.6. The number of hydrogen-bond donors (Lipinski definition) is 0. The SMILES string of the molecule is CC(C)(C)c1ccc(COC2(c3ccc(Cl)cc3)c3ccccc3C(=O)N2Cc2ccccc2)cc1. The Morgan fingerprint density at radius 3 is 2.08 bits per heavy atom. The van der Waals surface area contributed by atoms with Gasteiger partial charge in [-0.1, -0.05) is 117 Å². The number of carbonyl (C=O) groups is 1. The van der Waals surface area contributed by atoms with E-state index in [9.17, 15) is 4.79 Å². The molecule has 5 rings (SSSR count). The minimum Gasteiger partial charge on any atom is -0.342 e. The average molecular weight is 496 g/mol. The molecule has 4 heteroatoms. The summed E-state index contributed by atoms with van der Waals surface area (Å²) in [6.45, 7) is 7.38. The number of ether oxygens (including phenoxy) is 1. The third-order valence-corrected chi connectivity index (χ3v) is 7.09. The molecule has 1 amide bonds. The number of halogens is 1. The number of benzene rings is 4. The van der Waals surface area contributed by atoms with E-state index in [2.05, 4.69) is 45.0 Å². The molecule has 36 heavy (non-hydrogen) atoms. The van der Waals surface area contributed by atoms with E-state index in [4.69, 9.17) is 16.3 Å². The molecule has 1 aliphatic rings. The van der Waals surface area contributed by atoms with Gasteiger partial charge in [-0.05, 0) is 40.3 Å². The van der Waals surface area contributed by atoms with Gasteiger partial charge in [0.1, 0.15) is 0 Å². The smallest absolute Gasteiger partial charge is 0.257 e. The molecular weight excluding hydrogens is 466 g/mol. The van der Waals surface area contributed by atoms with Crippen LogP contribution in [0.25, 0.3) is 0 Å². The molecule has 4 aromatic carbocycles. The van der Waals surface area contributed by atoms with Crippen LogP contribution in [0.3, 0.4) is 0 Å². The van der Waals surface area contributed by atoms with Crippen molar-refractivity contribution in [1.29, 1.82) is 0 Å². The van der Waals surface area contributed by atoms with Crippen LogP contribution in [0.2, 0.25) is 5.02 Å². The van der Waals surface area contributed by atoms with Crippen molar-refractivity contribution in [1.82, 2.24) is 4.90 Å². The van der Waals surface area contributed by atoms with Crippen LogP contribution < -0.4 is 0 Å². The van der Waals surface area contributed by atoms with E-state index < -0.39 is 5.72 Å². The lowest BCUT2D eigenvalue weighted by Crippen LogP contribution is -2.46. The summed E-state index contributed by atoms with van der Waals surface area (Å²) in [6.07, 6.45) is 0. The number of nitrogens with zero attached hydrogens (tertiary/aromatic N) is 1. The van der Waals surface area contributed by atoms with Gasteiger partial charge in [0.2, 0.25) is 0 Å². The van der Waals surface area contributed by atoms with Crippen molar-refractivity contribution in [2.75, 3.05) is 0 Å². The van der Waals surface area contributed by atoms with Crippen LogP contribution in [0.5, 0.6) is 0 Å². The largest absolute Gasteiger partial charge is 0.342 e. The predicted octanol–water partition coefficient (Wildman–Crippen LogP) is 7.71. The highest BCUT2D eigenvalue weighted by Crippen LogP contribution is 2.46. The van der Waals surface area contributed by atoms with Crippen molar-refractivity contribution in [2.24, 2.45) is 0 Å². The Hall–Kier alpha value is -3.40. The second kappa shape index (κ2) is 9.57.